The van der Waals surface area contributed by atoms with Crippen LogP contribution in [0.25, 0.3) is 0 Å². The molecule has 1 unspecified atom stereocenters. The zero-order valence-corrected chi connectivity index (χ0v) is 13.9. The minimum absolute atomic E-state index is 0.165. The predicted molar refractivity (Wildman–Crippen MR) is 85.0 cm³/mol. The van der Waals surface area contributed by atoms with Gasteiger partial charge in [-0.25, -0.2) is 4.79 Å². The number of unbranched alkanes of at least 4 members (excludes halogenated alkanes) is 4. The van der Waals surface area contributed by atoms with Gasteiger partial charge in [0.05, 0.1) is 13.0 Å². The van der Waals surface area contributed by atoms with Crippen molar-refractivity contribution in [3.05, 3.63) is 0 Å². The second kappa shape index (κ2) is 10.9. The number of nitrogens with one attached hydrogen (secondary N) is 1. The molecule has 0 aromatic carbocycles. The first kappa shape index (κ1) is 19.3. The van der Waals surface area contributed by atoms with Gasteiger partial charge in [0.25, 0.3) is 0 Å². The number of urea groups is 1. The first-order valence-corrected chi connectivity index (χ1v) is 8.37. The van der Waals surface area contributed by atoms with Crippen LogP contribution in [0.15, 0.2) is 0 Å². The molecule has 2 N–H and O–H groups in total. The van der Waals surface area contributed by atoms with Gasteiger partial charge in [-0.1, -0.05) is 19.3 Å². The highest BCUT2D eigenvalue weighted by molar-refractivity contribution is 5.76. The zero-order chi connectivity index (χ0) is 17.1. The highest BCUT2D eigenvalue weighted by Crippen LogP contribution is 2.16. The summed E-state index contributed by atoms with van der Waals surface area (Å²) in [5, 5.41) is 11.9. The van der Waals surface area contributed by atoms with E-state index in [2.05, 4.69) is 10.1 Å². The van der Waals surface area contributed by atoms with Gasteiger partial charge in [0.2, 0.25) is 0 Å². The molecule has 0 spiro atoms. The molecule has 0 bridgehead atoms. The first-order valence-electron chi connectivity index (χ1n) is 8.37. The van der Waals surface area contributed by atoms with Crippen molar-refractivity contribution < 1.29 is 24.2 Å². The molecule has 0 aliphatic carbocycles. The van der Waals surface area contributed by atoms with Crippen LogP contribution in [-0.2, 0) is 14.3 Å². The van der Waals surface area contributed by atoms with Gasteiger partial charge in [-0.2, -0.15) is 0 Å². The van der Waals surface area contributed by atoms with Gasteiger partial charge in [0.1, 0.15) is 0 Å². The van der Waals surface area contributed by atoms with Crippen molar-refractivity contribution in [1.29, 1.82) is 0 Å². The van der Waals surface area contributed by atoms with E-state index in [0.29, 0.717) is 32.5 Å². The molecule has 1 rings (SSSR count). The Hall–Kier alpha value is -1.79. The normalized spacial score (nSPS) is 17.6. The lowest BCUT2D eigenvalue weighted by molar-refractivity contribution is -0.143. The van der Waals surface area contributed by atoms with Crippen molar-refractivity contribution >= 4 is 18.0 Å². The van der Waals surface area contributed by atoms with E-state index in [0.717, 1.165) is 38.5 Å². The fourth-order valence-electron chi connectivity index (χ4n) is 2.70. The zero-order valence-electron chi connectivity index (χ0n) is 13.9. The summed E-state index contributed by atoms with van der Waals surface area (Å²) < 4.78 is 4.57. The van der Waals surface area contributed by atoms with E-state index < -0.39 is 11.9 Å². The standard InChI is InChI=1S/C16H28N2O5/c1-23-14(19)9-5-3-2-4-6-10-17-16(22)18-11-7-8-13(12-18)15(20)21/h13H,2-12H2,1H3,(H,17,22)(H,20,21). The molecule has 1 saturated heterocycles. The van der Waals surface area contributed by atoms with Crippen LogP contribution in [0.1, 0.15) is 51.4 Å². The number of hydrogen-bond acceptors (Lipinski definition) is 4. The van der Waals surface area contributed by atoms with Crippen molar-refractivity contribution in [2.45, 2.75) is 51.4 Å². The van der Waals surface area contributed by atoms with Crippen LogP contribution in [-0.4, -0.2) is 54.7 Å². The third-order valence-corrected chi connectivity index (χ3v) is 4.12. The summed E-state index contributed by atoms with van der Waals surface area (Å²) in [6.45, 7) is 1.53. The first-order chi connectivity index (χ1) is 11.0. The molecule has 0 saturated carbocycles. The number of methoxy groups -OCH3 is 1. The molecule has 0 radical (unpaired) electrons. The monoisotopic (exact) mass is 328 g/mol. The summed E-state index contributed by atoms with van der Waals surface area (Å²) in [5.41, 5.74) is 0. The summed E-state index contributed by atoms with van der Waals surface area (Å²) in [7, 11) is 1.39. The van der Waals surface area contributed by atoms with Crippen LogP contribution in [0.2, 0.25) is 0 Å². The van der Waals surface area contributed by atoms with Gasteiger partial charge in [0, 0.05) is 26.1 Å². The van der Waals surface area contributed by atoms with E-state index in [9.17, 15) is 14.4 Å². The van der Waals surface area contributed by atoms with Crippen LogP contribution >= 0.6 is 0 Å². The summed E-state index contributed by atoms with van der Waals surface area (Å²) in [4.78, 5) is 35.5. The van der Waals surface area contributed by atoms with Crippen molar-refractivity contribution in [1.82, 2.24) is 10.2 Å². The molecule has 2 amide bonds. The number of piperidine rings is 1. The number of ether oxygens (including phenoxy) is 1. The minimum atomic E-state index is -0.825. The number of aliphatic carboxylic acids is 1. The van der Waals surface area contributed by atoms with Gasteiger partial charge in [0.15, 0.2) is 0 Å². The molecule has 1 atom stereocenters. The lowest BCUT2D eigenvalue weighted by Gasteiger charge is -2.30. The van der Waals surface area contributed by atoms with Crippen LogP contribution in [0, 0.1) is 5.92 Å². The van der Waals surface area contributed by atoms with E-state index in [1.165, 1.54) is 7.11 Å². The van der Waals surface area contributed by atoms with Gasteiger partial charge in [-0.3, -0.25) is 9.59 Å². The number of carboxylic acid groups (broad SMARTS) is 1. The Balaban J connectivity index is 2.03. The molecule has 132 valence electrons. The molecule has 7 nitrogen and oxygen atoms in total. The molecular weight excluding hydrogens is 300 g/mol. The number of amides is 2. The summed E-state index contributed by atoms with van der Waals surface area (Å²) >= 11 is 0. The predicted octanol–water partition coefficient (Wildman–Crippen LogP) is 2.01. The van der Waals surface area contributed by atoms with Crippen LogP contribution in [0.4, 0.5) is 4.79 Å². The molecule has 7 heteroatoms. The lowest BCUT2D eigenvalue weighted by Crippen LogP contribution is -2.47. The number of esters is 1. The quantitative estimate of drug-likeness (QED) is 0.498. The highest BCUT2D eigenvalue weighted by Gasteiger charge is 2.27. The average molecular weight is 328 g/mol. The molecule has 1 heterocycles. The van der Waals surface area contributed by atoms with Crippen LogP contribution < -0.4 is 5.32 Å². The molecule has 1 fully saturated rings. The Kier molecular flexibility index (Phi) is 9.09. The van der Waals surface area contributed by atoms with Crippen LogP contribution in [0.5, 0.6) is 0 Å². The number of hydrogen-bond donors (Lipinski definition) is 2. The van der Waals surface area contributed by atoms with Crippen molar-refractivity contribution in [3.8, 4) is 0 Å². The largest absolute Gasteiger partial charge is 0.481 e. The number of rotatable bonds is 9. The maximum absolute atomic E-state index is 12.0. The number of carboxylic acids is 1. The second-order valence-electron chi connectivity index (χ2n) is 5.95. The summed E-state index contributed by atoms with van der Waals surface area (Å²) in [5.74, 6) is -1.43. The molecule has 0 aromatic rings. The Bertz CT molecular complexity index is 400. The fraction of sp³-hybridized carbons (Fsp3) is 0.812. The maximum atomic E-state index is 12.0. The number of nitrogens with zero attached hydrogens (tertiary/aromatic N) is 1. The maximum Gasteiger partial charge on any atom is 0.317 e. The van der Waals surface area contributed by atoms with E-state index in [4.69, 9.17) is 5.11 Å². The van der Waals surface area contributed by atoms with E-state index in [1.807, 2.05) is 0 Å². The van der Waals surface area contributed by atoms with E-state index in [-0.39, 0.29) is 12.0 Å². The summed E-state index contributed by atoms with van der Waals surface area (Å²) in [6, 6.07) is -0.165. The van der Waals surface area contributed by atoms with Crippen molar-refractivity contribution in [2.75, 3.05) is 26.7 Å². The van der Waals surface area contributed by atoms with Gasteiger partial charge in [-0.15, -0.1) is 0 Å². The topological polar surface area (TPSA) is 95.9 Å². The molecule has 1 aliphatic rings. The van der Waals surface area contributed by atoms with Gasteiger partial charge in [-0.05, 0) is 25.7 Å². The third kappa shape index (κ3) is 7.85. The Morgan fingerprint density at radius 2 is 1.87 bits per heavy atom. The highest BCUT2D eigenvalue weighted by atomic mass is 16.5. The second-order valence-corrected chi connectivity index (χ2v) is 5.95. The van der Waals surface area contributed by atoms with Crippen LogP contribution in [0.3, 0.4) is 0 Å². The van der Waals surface area contributed by atoms with E-state index >= 15 is 0 Å². The van der Waals surface area contributed by atoms with Crippen molar-refractivity contribution in [2.24, 2.45) is 5.92 Å². The third-order valence-electron chi connectivity index (χ3n) is 4.12. The van der Waals surface area contributed by atoms with Gasteiger partial charge >= 0.3 is 18.0 Å². The minimum Gasteiger partial charge on any atom is -0.481 e. The van der Waals surface area contributed by atoms with E-state index in [1.54, 1.807) is 4.90 Å². The number of likely N-dealkylation sites (tertiary alicyclic amines) is 1. The molecule has 0 aromatic heterocycles. The smallest absolute Gasteiger partial charge is 0.317 e. The number of carbonyl (C=O) groups excluding carboxylic acids is 2. The Morgan fingerprint density at radius 1 is 1.17 bits per heavy atom. The van der Waals surface area contributed by atoms with Gasteiger partial charge < -0.3 is 20.1 Å². The van der Waals surface area contributed by atoms with Crippen molar-refractivity contribution in [3.63, 3.8) is 0 Å². The Morgan fingerprint density at radius 3 is 2.57 bits per heavy atom. The molecule has 23 heavy (non-hydrogen) atoms. The molecule has 1 aliphatic heterocycles. The number of carbonyl (C=O) groups is 3. The lowest BCUT2D eigenvalue weighted by atomic mass is 9.99. The Labute approximate surface area is 137 Å². The molecular formula is C16H28N2O5. The SMILES string of the molecule is COC(=O)CCCCCCCNC(=O)N1CCCC(C(=O)O)C1. The average Bonchev–Trinajstić information content (AvgIpc) is 2.56. The summed E-state index contributed by atoms with van der Waals surface area (Å²) in [6.07, 6.45) is 6.58. The fourth-order valence-corrected chi connectivity index (χ4v) is 2.70.